The summed E-state index contributed by atoms with van der Waals surface area (Å²) in [4.78, 5) is 12.2. The molecule has 1 aromatic rings. The molecular weight excluding hydrogens is 266 g/mol. The summed E-state index contributed by atoms with van der Waals surface area (Å²) in [5, 5.41) is 13.1. The number of hydrogen-bond donors (Lipinski definition) is 2. The fourth-order valence-electron chi connectivity index (χ4n) is 2.60. The van der Waals surface area contributed by atoms with Gasteiger partial charge in [0, 0.05) is 11.6 Å². The molecule has 1 saturated heterocycles. The molecule has 1 aliphatic carbocycles. The van der Waals surface area contributed by atoms with Gasteiger partial charge in [0.25, 0.3) is 5.91 Å². The second-order valence-electron chi connectivity index (χ2n) is 5.20. The molecule has 2 unspecified atom stereocenters. The Balaban J connectivity index is 1.70. The van der Waals surface area contributed by atoms with Crippen molar-refractivity contribution in [3.05, 3.63) is 28.8 Å². The van der Waals surface area contributed by atoms with Gasteiger partial charge in [0.15, 0.2) is 0 Å². The first-order valence-electron chi connectivity index (χ1n) is 6.56. The lowest BCUT2D eigenvalue weighted by atomic mass is 10.1. The number of ether oxygens (including phenoxy) is 1. The van der Waals surface area contributed by atoms with E-state index < -0.39 is 0 Å². The summed E-state index contributed by atoms with van der Waals surface area (Å²) in [5.74, 6) is 0.230. The average molecular weight is 282 g/mol. The molecule has 2 aliphatic rings. The highest BCUT2D eigenvalue weighted by atomic mass is 35.5. The molecule has 0 spiro atoms. The maximum atomic E-state index is 12.2. The number of halogens is 1. The minimum Gasteiger partial charge on any atom is -0.507 e. The van der Waals surface area contributed by atoms with E-state index in [4.69, 9.17) is 16.3 Å². The fraction of sp³-hybridized carbons (Fsp3) is 0.500. The van der Waals surface area contributed by atoms with Gasteiger partial charge in [-0.15, -0.1) is 0 Å². The van der Waals surface area contributed by atoms with Gasteiger partial charge in [0.1, 0.15) is 5.75 Å². The van der Waals surface area contributed by atoms with Gasteiger partial charge in [-0.05, 0) is 43.4 Å². The summed E-state index contributed by atoms with van der Waals surface area (Å²) in [7, 11) is 0. The summed E-state index contributed by atoms with van der Waals surface area (Å²) in [6.07, 6.45) is 3.34. The fourth-order valence-corrected chi connectivity index (χ4v) is 2.76. The van der Waals surface area contributed by atoms with E-state index in [0.717, 1.165) is 6.42 Å². The van der Waals surface area contributed by atoms with E-state index in [9.17, 15) is 9.90 Å². The van der Waals surface area contributed by atoms with E-state index in [1.165, 1.54) is 25.0 Å². The molecule has 2 N–H and O–H groups in total. The summed E-state index contributed by atoms with van der Waals surface area (Å²) >= 11 is 5.75. The molecule has 0 radical (unpaired) electrons. The number of hydrogen-bond acceptors (Lipinski definition) is 3. The predicted octanol–water partition coefficient (Wildman–Crippen LogP) is 2.34. The van der Waals surface area contributed by atoms with Gasteiger partial charge in [0.05, 0.1) is 17.7 Å². The van der Waals surface area contributed by atoms with E-state index in [2.05, 4.69) is 5.32 Å². The Kier molecular flexibility index (Phi) is 3.37. The van der Waals surface area contributed by atoms with Crippen molar-refractivity contribution < 1.29 is 14.6 Å². The average Bonchev–Trinajstić information content (AvgIpc) is 3.10. The molecule has 3 rings (SSSR count). The smallest absolute Gasteiger partial charge is 0.255 e. The zero-order chi connectivity index (χ0) is 13.4. The van der Waals surface area contributed by atoms with Crippen LogP contribution in [0.2, 0.25) is 5.02 Å². The van der Waals surface area contributed by atoms with Crippen molar-refractivity contribution in [2.24, 2.45) is 5.92 Å². The van der Waals surface area contributed by atoms with E-state index in [1.807, 2.05) is 0 Å². The topological polar surface area (TPSA) is 58.6 Å². The number of aromatic hydroxyl groups is 1. The van der Waals surface area contributed by atoms with Crippen LogP contribution in [0.1, 0.15) is 29.6 Å². The SMILES string of the molecule is O=C(NC1CCOC1C1CC1)c1ccc(Cl)cc1O. The molecule has 2 atom stereocenters. The van der Waals surface area contributed by atoms with Crippen LogP contribution in [0.4, 0.5) is 0 Å². The first-order chi connectivity index (χ1) is 9.15. The summed E-state index contributed by atoms with van der Waals surface area (Å²) in [6.45, 7) is 0.693. The summed E-state index contributed by atoms with van der Waals surface area (Å²) in [5.41, 5.74) is 0.255. The second kappa shape index (κ2) is 5.02. The highest BCUT2D eigenvalue weighted by Gasteiger charge is 2.41. The lowest BCUT2D eigenvalue weighted by molar-refractivity contribution is 0.0728. The van der Waals surface area contributed by atoms with E-state index in [0.29, 0.717) is 17.5 Å². The minimum atomic E-state index is -0.268. The van der Waals surface area contributed by atoms with Crippen molar-refractivity contribution in [1.82, 2.24) is 5.32 Å². The maximum absolute atomic E-state index is 12.2. The van der Waals surface area contributed by atoms with Crippen molar-refractivity contribution >= 4 is 17.5 Å². The Morgan fingerprint density at radius 3 is 2.84 bits per heavy atom. The van der Waals surface area contributed by atoms with Crippen LogP contribution >= 0.6 is 11.6 Å². The molecule has 19 heavy (non-hydrogen) atoms. The zero-order valence-electron chi connectivity index (χ0n) is 10.4. The number of carbonyl (C=O) groups is 1. The molecule has 1 saturated carbocycles. The van der Waals surface area contributed by atoms with Crippen LogP contribution in [0, 0.1) is 5.92 Å². The summed E-state index contributed by atoms with van der Waals surface area (Å²) in [6, 6.07) is 4.56. The Morgan fingerprint density at radius 1 is 1.37 bits per heavy atom. The molecule has 4 nitrogen and oxygen atoms in total. The molecule has 5 heteroatoms. The van der Waals surface area contributed by atoms with Crippen LogP contribution in [0.15, 0.2) is 18.2 Å². The Hall–Kier alpha value is -1.26. The van der Waals surface area contributed by atoms with Crippen LogP contribution in [0.5, 0.6) is 5.75 Å². The van der Waals surface area contributed by atoms with E-state index in [1.54, 1.807) is 6.07 Å². The number of nitrogens with one attached hydrogen (secondary N) is 1. The third-order valence-electron chi connectivity index (χ3n) is 3.74. The number of phenolic OH excluding ortho intramolecular Hbond substituents is 1. The van der Waals surface area contributed by atoms with Gasteiger partial charge < -0.3 is 15.2 Å². The second-order valence-corrected chi connectivity index (χ2v) is 5.64. The lowest BCUT2D eigenvalue weighted by Crippen LogP contribution is -2.41. The third-order valence-corrected chi connectivity index (χ3v) is 3.98. The first kappa shape index (κ1) is 12.8. The predicted molar refractivity (Wildman–Crippen MR) is 71.5 cm³/mol. The number of carbonyl (C=O) groups excluding carboxylic acids is 1. The molecule has 1 aromatic carbocycles. The van der Waals surface area contributed by atoms with Crippen molar-refractivity contribution in [3.63, 3.8) is 0 Å². The zero-order valence-corrected chi connectivity index (χ0v) is 11.2. The lowest BCUT2D eigenvalue weighted by Gasteiger charge is -2.19. The van der Waals surface area contributed by atoms with Crippen LogP contribution < -0.4 is 5.32 Å². The number of amides is 1. The Labute approximate surface area is 116 Å². The van der Waals surface area contributed by atoms with Gasteiger partial charge in [0.2, 0.25) is 0 Å². The van der Waals surface area contributed by atoms with Crippen LogP contribution in [-0.4, -0.2) is 29.8 Å². The monoisotopic (exact) mass is 281 g/mol. The minimum absolute atomic E-state index is 0.0510. The molecule has 0 aromatic heterocycles. The van der Waals surface area contributed by atoms with Crippen LogP contribution in [0.3, 0.4) is 0 Å². The first-order valence-corrected chi connectivity index (χ1v) is 6.94. The van der Waals surface area contributed by atoms with Crippen molar-refractivity contribution in [1.29, 1.82) is 0 Å². The van der Waals surface area contributed by atoms with Gasteiger partial charge in [-0.2, -0.15) is 0 Å². The van der Waals surface area contributed by atoms with Crippen LogP contribution in [-0.2, 0) is 4.74 Å². The van der Waals surface area contributed by atoms with Gasteiger partial charge in [-0.25, -0.2) is 0 Å². The molecule has 1 amide bonds. The van der Waals surface area contributed by atoms with Crippen LogP contribution in [0.25, 0.3) is 0 Å². The standard InChI is InChI=1S/C14H16ClNO3/c15-9-3-4-10(12(17)7-9)14(18)16-11-5-6-19-13(11)8-1-2-8/h3-4,7-8,11,13,17H,1-2,5-6H2,(H,16,18). The molecule has 102 valence electrons. The maximum Gasteiger partial charge on any atom is 0.255 e. The van der Waals surface area contributed by atoms with E-state index in [-0.39, 0.29) is 29.4 Å². The third kappa shape index (κ3) is 2.69. The molecule has 2 fully saturated rings. The summed E-state index contributed by atoms with van der Waals surface area (Å²) < 4.78 is 5.68. The largest absolute Gasteiger partial charge is 0.507 e. The quantitative estimate of drug-likeness (QED) is 0.894. The molecule has 0 bridgehead atoms. The van der Waals surface area contributed by atoms with Gasteiger partial charge >= 0.3 is 0 Å². The highest BCUT2D eigenvalue weighted by molar-refractivity contribution is 6.30. The number of phenols is 1. The number of rotatable bonds is 3. The Morgan fingerprint density at radius 2 is 2.16 bits per heavy atom. The van der Waals surface area contributed by atoms with Gasteiger partial charge in [-0.1, -0.05) is 11.6 Å². The number of benzene rings is 1. The van der Waals surface area contributed by atoms with Crippen molar-refractivity contribution in [3.8, 4) is 5.75 Å². The highest BCUT2D eigenvalue weighted by Crippen LogP contribution is 2.38. The van der Waals surface area contributed by atoms with Crippen molar-refractivity contribution in [2.75, 3.05) is 6.61 Å². The van der Waals surface area contributed by atoms with E-state index >= 15 is 0 Å². The van der Waals surface area contributed by atoms with Crippen molar-refractivity contribution in [2.45, 2.75) is 31.4 Å². The molecular formula is C14H16ClNO3. The molecule has 1 heterocycles. The van der Waals surface area contributed by atoms with Gasteiger partial charge in [-0.3, -0.25) is 4.79 Å². The molecule has 1 aliphatic heterocycles. The normalized spacial score (nSPS) is 26.4. The Bertz CT molecular complexity index is 501.